The van der Waals surface area contributed by atoms with E-state index in [-0.39, 0.29) is 23.1 Å². The third kappa shape index (κ3) is 4.34. The number of benzene rings is 1. The SMILES string of the molecule is CCCCOC(=O)C1=C(C)NC2=C(C(=O)CC(C)(C)C2)C1c1cccc(I)c1. The van der Waals surface area contributed by atoms with Gasteiger partial charge in [-0.3, -0.25) is 4.79 Å². The predicted octanol–water partition coefficient (Wildman–Crippen LogP) is 5.24. The van der Waals surface area contributed by atoms with Gasteiger partial charge in [0.05, 0.1) is 12.2 Å². The summed E-state index contributed by atoms with van der Waals surface area (Å²) in [4.78, 5) is 26.2. The van der Waals surface area contributed by atoms with Crippen LogP contribution in [0.1, 0.15) is 64.9 Å². The third-order valence-corrected chi connectivity index (χ3v) is 6.04. The number of esters is 1. The number of carbonyl (C=O) groups is 2. The Hall–Kier alpha value is -1.63. The lowest BCUT2D eigenvalue weighted by Gasteiger charge is -2.39. The number of hydrogen-bond donors (Lipinski definition) is 1. The second-order valence-electron chi connectivity index (χ2n) is 8.47. The maximum atomic E-state index is 13.2. The number of ether oxygens (including phenoxy) is 1. The number of dihydropyridines is 1. The van der Waals surface area contributed by atoms with E-state index in [0.29, 0.717) is 18.6 Å². The van der Waals surface area contributed by atoms with Gasteiger partial charge in [-0.2, -0.15) is 0 Å². The van der Waals surface area contributed by atoms with Crippen molar-refractivity contribution in [3.63, 3.8) is 0 Å². The first-order valence-corrected chi connectivity index (χ1v) is 11.0. The molecule has 1 heterocycles. The molecule has 1 atom stereocenters. The summed E-state index contributed by atoms with van der Waals surface area (Å²) in [6, 6.07) is 8.05. The molecule has 0 aromatic heterocycles. The van der Waals surface area contributed by atoms with E-state index in [9.17, 15) is 9.59 Å². The highest BCUT2D eigenvalue weighted by Crippen LogP contribution is 2.46. The van der Waals surface area contributed by atoms with Crippen LogP contribution in [-0.2, 0) is 14.3 Å². The molecule has 150 valence electrons. The number of halogens is 1. The number of Topliss-reactive ketones (excluding diaryl/α,β-unsaturated/α-hetero) is 1. The van der Waals surface area contributed by atoms with Gasteiger partial charge in [-0.05, 0) is 65.5 Å². The molecule has 4 nitrogen and oxygen atoms in total. The minimum Gasteiger partial charge on any atom is -0.462 e. The maximum Gasteiger partial charge on any atom is 0.336 e. The molecule has 0 saturated carbocycles. The lowest BCUT2D eigenvalue weighted by molar-refractivity contribution is -0.139. The van der Waals surface area contributed by atoms with Gasteiger partial charge in [0.2, 0.25) is 0 Å². The van der Waals surface area contributed by atoms with Crippen molar-refractivity contribution in [2.45, 2.75) is 59.3 Å². The van der Waals surface area contributed by atoms with Crippen LogP contribution in [0.25, 0.3) is 0 Å². The fraction of sp³-hybridized carbons (Fsp3) is 0.478. The average molecular weight is 493 g/mol. The first-order valence-electron chi connectivity index (χ1n) is 9.90. The highest BCUT2D eigenvalue weighted by molar-refractivity contribution is 14.1. The molecule has 2 aliphatic rings. The van der Waals surface area contributed by atoms with E-state index in [1.165, 1.54) is 0 Å². The van der Waals surface area contributed by atoms with E-state index >= 15 is 0 Å². The van der Waals surface area contributed by atoms with Crippen LogP contribution >= 0.6 is 22.6 Å². The molecule has 1 aromatic rings. The van der Waals surface area contributed by atoms with Crippen molar-refractivity contribution >= 4 is 34.3 Å². The number of carbonyl (C=O) groups excluding carboxylic acids is 2. The highest BCUT2D eigenvalue weighted by atomic mass is 127. The van der Waals surface area contributed by atoms with E-state index in [2.05, 4.69) is 54.7 Å². The van der Waals surface area contributed by atoms with Crippen molar-refractivity contribution in [2.75, 3.05) is 6.61 Å². The second kappa shape index (κ2) is 8.39. The molecule has 0 saturated heterocycles. The molecule has 5 heteroatoms. The average Bonchev–Trinajstić information content (AvgIpc) is 2.59. The van der Waals surface area contributed by atoms with Gasteiger partial charge in [0, 0.05) is 32.9 Å². The highest BCUT2D eigenvalue weighted by Gasteiger charge is 2.43. The molecule has 1 aromatic carbocycles. The van der Waals surface area contributed by atoms with E-state index in [0.717, 1.165) is 45.4 Å². The Balaban J connectivity index is 2.09. The van der Waals surface area contributed by atoms with Crippen LogP contribution < -0.4 is 5.32 Å². The largest absolute Gasteiger partial charge is 0.462 e. The standard InChI is InChI=1S/C23H28INO3/c1-5-6-10-28-22(27)19-14(2)25-17-12-23(3,4)13-18(26)21(17)20(19)15-8-7-9-16(24)11-15/h7-9,11,20,25H,5-6,10,12-13H2,1-4H3. The quantitative estimate of drug-likeness (QED) is 0.347. The van der Waals surface area contributed by atoms with Gasteiger partial charge in [0.15, 0.2) is 5.78 Å². The van der Waals surface area contributed by atoms with Crippen molar-refractivity contribution in [3.05, 3.63) is 55.9 Å². The Labute approximate surface area is 180 Å². The number of unbranched alkanes of at least 4 members (excludes halogenated alkanes) is 1. The van der Waals surface area contributed by atoms with Crippen LogP contribution in [-0.4, -0.2) is 18.4 Å². The molecule has 1 N–H and O–H groups in total. The Morgan fingerprint density at radius 3 is 2.75 bits per heavy atom. The molecular formula is C23H28INO3. The number of rotatable bonds is 5. The van der Waals surface area contributed by atoms with Crippen LogP contribution in [0.3, 0.4) is 0 Å². The van der Waals surface area contributed by atoms with Crippen LogP contribution in [0.15, 0.2) is 46.8 Å². The molecule has 28 heavy (non-hydrogen) atoms. The van der Waals surface area contributed by atoms with Gasteiger partial charge in [-0.1, -0.05) is 39.3 Å². The molecule has 0 amide bonds. The predicted molar refractivity (Wildman–Crippen MR) is 119 cm³/mol. The summed E-state index contributed by atoms with van der Waals surface area (Å²) >= 11 is 2.27. The molecule has 0 radical (unpaired) electrons. The normalized spacial score (nSPS) is 21.3. The topological polar surface area (TPSA) is 55.4 Å². The van der Waals surface area contributed by atoms with Gasteiger partial charge in [0.1, 0.15) is 0 Å². The summed E-state index contributed by atoms with van der Waals surface area (Å²) < 4.78 is 6.64. The molecule has 1 aliphatic carbocycles. The monoisotopic (exact) mass is 493 g/mol. The van der Waals surface area contributed by atoms with E-state index in [4.69, 9.17) is 4.74 Å². The number of hydrogen-bond acceptors (Lipinski definition) is 4. The Morgan fingerprint density at radius 2 is 2.07 bits per heavy atom. The fourth-order valence-electron chi connectivity index (χ4n) is 4.11. The summed E-state index contributed by atoms with van der Waals surface area (Å²) in [5.74, 6) is -0.579. The molecule has 1 unspecified atom stereocenters. The van der Waals surface area contributed by atoms with Crippen LogP contribution in [0.2, 0.25) is 0 Å². The fourth-order valence-corrected chi connectivity index (χ4v) is 4.68. The van der Waals surface area contributed by atoms with Gasteiger partial charge < -0.3 is 10.1 Å². The van der Waals surface area contributed by atoms with Crippen molar-refractivity contribution in [1.82, 2.24) is 5.32 Å². The van der Waals surface area contributed by atoms with Crippen molar-refractivity contribution in [1.29, 1.82) is 0 Å². The molecule has 3 rings (SSSR count). The molecule has 1 aliphatic heterocycles. The van der Waals surface area contributed by atoms with Crippen molar-refractivity contribution in [3.8, 4) is 0 Å². The lowest BCUT2D eigenvalue weighted by Crippen LogP contribution is -2.38. The zero-order chi connectivity index (χ0) is 20.5. The zero-order valence-electron chi connectivity index (χ0n) is 17.0. The van der Waals surface area contributed by atoms with Crippen LogP contribution in [0, 0.1) is 8.99 Å². The minimum absolute atomic E-state index is 0.0853. The summed E-state index contributed by atoms with van der Waals surface area (Å²) in [7, 11) is 0. The van der Waals surface area contributed by atoms with Gasteiger partial charge in [-0.15, -0.1) is 0 Å². The smallest absolute Gasteiger partial charge is 0.336 e. The summed E-state index contributed by atoms with van der Waals surface area (Å²) in [5, 5.41) is 3.38. The zero-order valence-corrected chi connectivity index (χ0v) is 19.2. The summed E-state index contributed by atoms with van der Waals surface area (Å²) in [6.45, 7) is 8.61. The first-order chi connectivity index (χ1) is 13.2. The number of ketones is 1. The second-order valence-corrected chi connectivity index (χ2v) is 9.72. The van der Waals surface area contributed by atoms with E-state index < -0.39 is 0 Å². The molecule has 0 spiro atoms. The third-order valence-electron chi connectivity index (χ3n) is 5.37. The Morgan fingerprint density at radius 1 is 1.32 bits per heavy atom. The molecular weight excluding hydrogens is 465 g/mol. The van der Waals surface area contributed by atoms with Crippen LogP contribution in [0.5, 0.6) is 0 Å². The van der Waals surface area contributed by atoms with E-state index in [1.54, 1.807) is 0 Å². The minimum atomic E-state index is -0.372. The van der Waals surface area contributed by atoms with Gasteiger partial charge >= 0.3 is 5.97 Å². The summed E-state index contributed by atoms with van der Waals surface area (Å²) in [5.41, 5.74) is 3.91. The first kappa shape index (κ1) is 21.1. The maximum absolute atomic E-state index is 13.2. The van der Waals surface area contributed by atoms with Gasteiger partial charge in [-0.25, -0.2) is 4.79 Å². The molecule has 0 bridgehead atoms. The van der Waals surface area contributed by atoms with Gasteiger partial charge in [0.25, 0.3) is 0 Å². The van der Waals surface area contributed by atoms with Crippen molar-refractivity contribution < 1.29 is 14.3 Å². The lowest BCUT2D eigenvalue weighted by atomic mass is 9.68. The van der Waals surface area contributed by atoms with Crippen molar-refractivity contribution in [2.24, 2.45) is 5.41 Å². The Bertz CT molecular complexity index is 866. The van der Waals surface area contributed by atoms with E-state index in [1.807, 2.05) is 25.1 Å². The summed E-state index contributed by atoms with van der Waals surface area (Å²) in [6.07, 6.45) is 3.09. The Kier molecular flexibility index (Phi) is 6.32. The number of nitrogens with one attached hydrogen (secondary N) is 1. The molecule has 0 fully saturated rings. The van der Waals surface area contributed by atoms with Crippen LogP contribution in [0.4, 0.5) is 0 Å². The number of allylic oxidation sites excluding steroid dienone is 3.